The highest BCUT2D eigenvalue weighted by atomic mass is 19.4. The van der Waals surface area contributed by atoms with E-state index in [0.29, 0.717) is 5.69 Å². The van der Waals surface area contributed by atoms with Gasteiger partial charge < -0.3 is 5.32 Å². The number of hydrogen-bond acceptors (Lipinski definition) is 2. The summed E-state index contributed by atoms with van der Waals surface area (Å²) in [4.78, 5) is 0. The van der Waals surface area contributed by atoms with E-state index in [9.17, 15) is 13.2 Å². The number of hydrogen-bond donors (Lipinski definition) is 1. The lowest BCUT2D eigenvalue weighted by Crippen LogP contribution is -2.18. The van der Waals surface area contributed by atoms with Gasteiger partial charge in [0.15, 0.2) is 0 Å². The van der Waals surface area contributed by atoms with Crippen LogP contribution in [-0.2, 0) is 6.54 Å². The minimum absolute atomic E-state index is 0.244. The van der Waals surface area contributed by atoms with E-state index >= 15 is 0 Å². The Morgan fingerprint density at radius 3 is 2.75 bits per heavy atom. The fourth-order valence-electron chi connectivity index (χ4n) is 1.50. The van der Waals surface area contributed by atoms with Crippen molar-refractivity contribution in [1.29, 1.82) is 0 Å². The van der Waals surface area contributed by atoms with E-state index in [4.69, 9.17) is 0 Å². The van der Waals surface area contributed by atoms with Crippen molar-refractivity contribution in [2.75, 3.05) is 5.32 Å². The van der Waals surface area contributed by atoms with E-state index in [1.807, 2.05) is 6.92 Å². The van der Waals surface area contributed by atoms with Gasteiger partial charge in [0.25, 0.3) is 0 Å². The first kappa shape index (κ1) is 12.9. The second-order valence-corrected chi connectivity index (χ2v) is 3.88. The van der Waals surface area contributed by atoms with Gasteiger partial charge in [-0.1, -0.05) is 13.3 Å². The first-order valence-electron chi connectivity index (χ1n) is 5.26. The van der Waals surface area contributed by atoms with Crippen molar-refractivity contribution in [3.63, 3.8) is 0 Å². The maximum Gasteiger partial charge on any atom is 0.408 e. The molecular weight excluding hydrogens is 219 g/mol. The highest BCUT2D eigenvalue weighted by Gasteiger charge is 2.28. The number of rotatable bonds is 5. The minimum atomic E-state index is -4.22. The van der Waals surface area contributed by atoms with Crippen molar-refractivity contribution in [3.05, 3.63) is 12.4 Å². The van der Waals surface area contributed by atoms with Crippen molar-refractivity contribution in [1.82, 2.24) is 9.78 Å². The monoisotopic (exact) mass is 235 g/mol. The molecule has 0 radical (unpaired) electrons. The van der Waals surface area contributed by atoms with Crippen LogP contribution in [-0.4, -0.2) is 22.0 Å². The molecule has 0 aliphatic rings. The van der Waals surface area contributed by atoms with E-state index in [1.165, 1.54) is 12.4 Å². The molecule has 1 unspecified atom stereocenters. The summed E-state index contributed by atoms with van der Waals surface area (Å²) in [5, 5.41) is 6.75. The molecule has 0 fully saturated rings. The molecule has 3 nitrogen and oxygen atoms in total. The lowest BCUT2D eigenvalue weighted by atomic mass is 10.2. The van der Waals surface area contributed by atoms with Gasteiger partial charge in [-0.25, -0.2) is 0 Å². The minimum Gasteiger partial charge on any atom is -0.380 e. The van der Waals surface area contributed by atoms with Crippen LogP contribution in [0.5, 0.6) is 0 Å². The van der Waals surface area contributed by atoms with Crippen LogP contribution in [0.2, 0.25) is 0 Å². The maximum absolute atomic E-state index is 12.1. The molecule has 0 bridgehead atoms. The van der Waals surface area contributed by atoms with Gasteiger partial charge in [0.05, 0.1) is 11.9 Å². The van der Waals surface area contributed by atoms with E-state index in [1.54, 1.807) is 0 Å². The summed E-state index contributed by atoms with van der Waals surface area (Å²) in [6, 6.07) is 0.244. The zero-order valence-corrected chi connectivity index (χ0v) is 9.38. The van der Waals surface area contributed by atoms with Gasteiger partial charge in [0.2, 0.25) is 0 Å². The van der Waals surface area contributed by atoms with Crippen LogP contribution in [0.3, 0.4) is 0 Å². The third-order valence-electron chi connectivity index (χ3n) is 2.11. The zero-order valence-electron chi connectivity index (χ0n) is 9.38. The summed E-state index contributed by atoms with van der Waals surface area (Å²) in [5.41, 5.74) is 0.630. The van der Waals surface area contributed by atoms with Crippen molar-refractivity contribution in [3.8, 4) is 0 Å². The molecule has 0 aliphatic heterocycles. The van der Waals surface area contributed by atoms with E-state index in [-0.39, 0.29) is 6.04 Å². The highest BCUT2D eigenvalue weighted by molar-refractivity contribution is 5.38. The summed E-state index contributed by atoms with van der Waals surface area (Å²) < 4.78 is 37.0. The molecule has 92 valence electrons. The zero-order chi connectivity index (χ0) is 12.2. The van der Waals surface area contributed by atoms with Crippen molar-refractivity contribution in [2.24, 2.45) is 0 Å². The van der Waals surface area contributed by atoms with Crippen molar-refractivity contribution in [2.45, 2.75) is 45.5 Å². The third kappa shape index (κ3) is 4.55. The van der Waals surface area contributed by atoms with E-state index < -0.39 is 12.7 Å². The Bertz CT molecular complexity index is 319. The Labute approximate surface area is 92.6 Å². The Balaban J connectivity index is 2.51. The first-order valence-corrected chi connectivity index (χ1v) is 5.26. The predicted octanol–water partition coefficient (Wildman–Crippen LogP) is 3.05. The first-order chi connectivity index (χ1) is 7.40. The van der Waals surface area contributed by atoms with Crippen LogP contribution >= 0.6 is 0 Å². The molecule has 0 spiro atoms. The molecule has 1 heterocycles. The lowest BCUT2D eigenvalue weighted by molar-refractivity contribution is -0.142. The van der Waals surface area contributed by atoms with Crippen LogP contribution in [0.4, 0.5) is 18.9 Å². The number of aromatic nitrogens is 2. The second-order valence-electron chi connectivity index (χ2n) is 3.88. The van der Waals surface area contributed by atoms with Crippen molar-refractivity contribution < 1.29 is 13.2 Å². The number of nitrogens with zero attached hydrogens (tertiary/aromatic N) is 2. The van der Waals surface area contributed by atoms with Gasteiger partial charge in [-0.15, -0.1) is 0 Å². The predicted molar refractivity (Wildman–Crippen MR) is 56.3 cm³/mol. The fraction of sp³-hybridized carbons (Fsp3) is 0.700. The van der Waals surface area contributed by atoms with Gasteiger partial charge in [-0.05, 0) is 13.3 Å². The van der Waals surface area contributed by atoms with E-state index in [2.05, 4.69) is 17.3 Å². The van der Waals surface area contributed by atoms with Gasteiger partial charge in [0.1, 0.15) is 6.54 Å². The molecule has 1 N–H and O–H groups in total. The number of anilines is 1. The third-order valence-corrected chi connectivity index (χ3v) is 2.11. The summed E-state index contributed by atoms with van der Waals surface area (Å²) >= 11 is 0. The molecule has 0 aliphatic carbocycles. The smallest absolute Gasteiger partial charge is 0.380 e. The summed E-state index contributed by atoms with van der Waals surface area (Å²) in [6.45, 7) is 3.01. The van der Waals surface area contributed by atoms with Gasteiger partial charge in [0, 0.05) is 12.2 Å². The molecule has 0 saturated carbocycles. The number of nitrogens with one attached hydrogen (secondary N) is 1. The Kier molecular flexibility index (Phi) is 4.20. The summed E-state index contributed by atoms with van der Waals surface area (Å²) in [7, 11) is 0. The average molecular weight is 235 g/mol. The molecule has 6 heteroatoms. The van der Waals surface area contributed by atoms with Crippen LogP contribution in [0.1, 0.15) is 26.7 Å². The molecule has 0 aromatic carbocycles. The molecule has 1 atom stereocenters. The molecule has 1 aromatic heterocycles. The quantitative estimate of drug-likeness (QED) is 0.850. The van der Waals surface area contributed by atoms with Gasteiger partial charge in [-0.2, -0.15) is 18.3 Å². The number of halogens is 3. The topological polar surface area (TPSA) is 29.9 Å². The molecule has 0 saturated heterocycles. The second kappa shape index (κ2) is 5.23. The van der Waals surface area contributed by atoms with E-state index in [0.717, 1.165) is 17.5 Å². The SMILES string of the molecule is CCCC(C)Nc1cnn(CC(F)(F)F)c1. The molecule has 0 amide bonds. The molecule has 1 rings (SSSR count). The normalized spacial score (nSPS) is 13.8. The molecule has 1 aromatic rings. The lowest BCUT2D eigenvalue weighted by Gasteiger charge is -2.11. The Morgan fingerprint density at radius 1 is 1.50 bits per heavy atom. The molecular formula is C10H16F3N3. The van der Waals surface area contributed by atoms with Gasteiger partial charge in [-0.3, -0.25) is 4.68 Å². The highest BCUT2D eigenvalue weighted by Crippen LogP contribution is 2.18. The maximum atomic E-state index is 12.1. The molecule has 16 heavy (non-hydrogen) atoms. The van der Waals surface area contributed by atoms with Crippen LogP contribution in [0.25, 0.3) is 0 Å². The van der Waals surface area contributed by atoms with Crippen LogP contribution in [0.15, 0.2) is 12.4 Å². The van der Waals surface area contributed by atoms with Gasteiger partial charge >= 0.3 is 6.18 Å². The fourth-order valence-corrected chi connectivity index (χ4v) is 1.50. The Hall–Kier alpha value is -1.20. The average Bonchev–Trinajstić information content (AvgIpc) is 2.49. The summed E-state index contributed by atoms with van der Waals surface area (Å²) in [5.74, 6) is 0. The largest absolute Gasteiger partial charge is 0.408 e. The number of alkyl halides is 3. The summed E-state index contributed by atoms with van der Waals surface area (Å²) in [6.07, 6.45) is 0.575. The van der Waals surface area contributed by atoms with Crippen LogP contribution in [0, 0.1) is 0 Å². The van der Waals surface area contributed by atoms with Crippen molar-refractivity contribution >= 4 is 5.69 Å². The van der Waals surface area contributed by atoms with Crippen LogP contribution < -0.4 is 5.32 Å². The Morgan fingerprint density at radius 2 is 2.19 bits per heavy atom. The standard InChI is InChI=1S/C10H16F3N3/c1-3-4-8(2)15-9-5-14-16(6-9)7-10(11,12)13/h5-6,8,15H,3-4,7H2,1-2H3.